The molecule has 0 aliphatic heterocycles. The molecule has 0 rings (SSSR count). The van der Waals surface area contributed by atoms with E-state index in [9.17, 15) is 4.32 Å². The van der Waals surface area contributed by atoms with Crippen molar-refractivity contribution in [1.29, 1.82) is 0 Å². The van der Waals surface area contributed by atoms with Crippen molar-refractivity contribution >= 4 is 22.5 Å². The molecule has 28 valence electrons. The summed E-state index contributed by atoms with van der Waals surface area (Å²) in [5.41, 5.74) is 0. The minimum absolute atomic E-state index is 0.130. The zero-order valence-corrected chi connectivity index (χ0v) is 4.43. The summed E-state index contributed by atoms with van der Waals surface area (Å²) in [5, 5.41) is 0. The van der Waals surface area contributed by atoms with E-state index in [1.54, 1.807) is 0 Å². The number of rotatable bonds is 1. The van der Waals surface area contributed by atoms with Crippen LogP contribution in [-0.4, -0.2) is 21.5 Å². The number of hydrogen-bond donors (Lipinski definition) is 0. The van der Waals surface area contributed by atoms with E-state index in [-0.39, 0.29) is 15.0 Å². The summed E-state index contributed by atoms with van der Waals surface area (Å²) in [5.74, 6) is 0. The van der Waals surface area contributed by atoms with Gasteiger partial charge in [0.05, 0.1) is 0 Å². The summed E-state index contributed by atoms with van der Waals surface area (Å²) in [6.07, 6.45) is 0. The standard InChI is InChI=1S/CH6B2FP/c1-5(2)3-4/h3H,2H2,1H3. The normalized spacial score (nSPS) is 14.0. The van der Waals surface area contributed by atoms with E-state index in [0.29, 0.717) is 0 Å². The van der Waals surface area contributed by atoms with Crippen LogP contribution in [0.5, 0.6) is 0 Å². The first-order valence-electron chi connectivity index (χ1n) is 1.48. The third-order valence-electron chi connectivity index (χ3n) is 0.239. The fourth-order valence-electron chi connectivity index (χ4n) is 0. The van der Waals surface area contributed by atoms with E-state index in [1.165, 1.54) is 0 Å². The highest BCUT2D eigenvalue weighted by Gasteiger charge is 1.87. The maximum Gasteiger partial charge on any atom is 0.348 e. The molecule has 0 aliphatic carbocycles. The summed E-state index contributed by atoms with van der Waals surface area (Å²) in [6, 6.07) is 0. The van der Waals surface area contributed by atoms with Gasteiger partial charge in [0, 0.05) is 0 Å². The average Bonchev–Trinajstić information content (AvgIpc) is 1.38. The fourth-order valence-corrected chi connectivity index (χ4v) is 0. The Balaban J connectivity index is 2.54. The first kappa shape index (κ1) is 5.49. The largest absolute Gasteiger partial charge is 0.348 e. The Morgan fingerprint density at radius 1 is 2.00 bits per heavy atom. The smallest absolute Gasteiger partial charge is 0.336 e. The molecule has 0 aromatic rings. The quantitative estimate of drug-likeness (QED) is 0.311. The molecule has 0 saturated carbocycles. The fraction of sp³-hybridized carbons (Fsp3) is 1.00. The van der Waals surface area contributed by atoms with Gasteiger partial charge in [-0.3, -0.25) is 0 Å². The molecular weight excluding hydrogens is 83.6 g/mol. The van der Waals surface area contributed by atoms with Gasteiger partial charge in [0.2, 0.25) is 0 Å². The second kappa shape index (κ2) is 2.71. The molecule has 0 N–H and O–H groups in total. The molecule has 0 spiro atoms. The molecule has 0 aromatic carbocycles. The van der Waals surface area contributed by atoms with Crippen LogP contribution in [0.15, 0.2) is 0 Å². The van der Waals surface area contributed by atoms with Crippen LogP contribution in [0, 0.1) is 0 Å². The van der Waals surface area contributed by atoms with Crippen LogP contribution in [0.3, 0.4) is 0 Å². The SMILES string of the molecule is BP(C)BF. The van der Waals surface area contributed by atoms with E-state index in [4.69, 9.17) is 0 Å². The molecule has 0 aliphatic rings. The summed E-state index contributed by atoms with van der Waals surface area (Å²) in [6.45, 7) is 1.91. The Kier molecular flexibility index (Phi) is 2.98. The molecule has 0 radical (unpaired) electrons. The van der Waals surface area contributed by atoms with Gasteiger partial charge < -0.3 is 4.32 Å². The zero-order chi connectivity index (χ0) is 4.28. The molecule has 0 nitrogen and oxygen atoms in total. The minimum atomic E-state index is -0.265. The monoisotopic (exact) mass is 90.0 g/mol. The molecule has 0 bridgehead atoms. The second-order valence-electron chi connectivity index (χ2n) is 1.20. The highest BCUT2D eigenvalue weighted by molar-refractivity contribution is 8.02. The van der Waals surface area contributed by atoms with E-state index >= 15 is 0 Å². The number of halogens is 1. The van der Waals surface area contributed by atoms with Gasteiger partial charge in [0.25, 0.3) is 0 Å². The van der Waals surface area contributed by atoms with Crippen molar-refractivity contribution in [3.8, 4) is 0 Å². The maximum absolute atomic E-state index is 11.1. The van der Waals surface area contributed by atoms with Crippen LogP contribution in [-0.2, 0) is 0 Å². The zero-order valence-electron chi connectivity index (χ0n) is 3.53. The minimum Gasteiger partial charge on any atom is -0.336 e. The molecular formula is CH6B2FP. The van der Waals surface area contributed by atoms with Gasteiger partial charge in [0.15, 0.2) is 0 Å². The van der Waals surface area contributed by atoms with Gasteiger partial charge in [-0.1, -0.05) is 6.66 Å². The van der Waals surface area contributed by atoms with E-state index in [0.717, 1.165) is 0 Å². The first-order chi connectivity index (χ1) is 2.27. The Hall–Kier alpha value is 0.490. The van der Waals surface area contributed by atoms with Crippen LogP contribution < -0.4 is 0 Å². The van der Waals surface area contributed by atoms with E-state index < -0.39 is 0 Å². The molecule has 4 heteroatoms. The van der Waals surface area contributed by atoms with Crippen molar-refractivity contribution in [2.45, 2.75) is 0 Å². The first-order valence-corrected chi connectivity index (χ1v) is 3.90. The molecule has 1 unspecified atom stereocenters. The van der Waals surface area contributed by atoms with Gasteiger partial charge in [0.1, 0.15) is 7.57 Å². The Bertz CT molecular complexity index is 23.6. The third kappa shape index (κ3) is 4.49. The van der Waals surface area contributed by atoms with Gasteiger partial charge in [-0.25, -0.2) is 0 Å². The maximum atomic E-state index is 11.1. The summed E-state index contributed by atoms with van der Waals surface area (Å²) in [7, 11) is 1.52. The lowest BCUT2D eigenvalue weighted by molar-refractivity contribution is 0.894. The molecule has 0 heterocycles. The Morgan fingerprint density at radius 3 is 2.20 bits per heavy atom. The van der Waals surface area contributed by atoms with Gasteiger partial charge >= 0.3 is 7.28 Å². The van der Waals surface area contributed by atoms with Crippen LogP contribution >= 0.6 is 7.68 Å². The third-order valence-corrected chi connectivity index (χ3v) is 0.717. The highest BCUT2D eigenvalue weighted by atomic mass is 31.1. The lowest BCUT2D eigenvalue weighted by Crippen LogP contribution is -1.71. The van der Waals surface area contributed by atoms with Crippen LogP contribution in [0.1, 0.15) is 0 Å². The van der Waals surface area contributed by atoms with Crippen molar-refractivity contribution in [3.63, 3.8) is 0 Å². The molecule has 0 fully saturated rings. The second-order valence-corrected chi connectivity index (χ2v) is 3.60. The molecule has 0 aromatic heterocycles. The topological polar surface area (TPSA) is 0 Å². The van der Waals surface area contributed by atoms with E-state index in [2.05, 4.69) is 0 Å². The predicted molar refractivity (Wildman–Crippen MR) is 29.6 cm³/mol. The summed E-state index contributed by atoms with van der Waals surface area (Å²) in [4.78, 5) is 0. The predicted octanol–water partition coefficient (Wildman–Crippen LogP) is -0.118. The van der Waals surface area contributed by atoms with E-state index in [1.807, 2.05) is 14.2 Å². The van der Waals surface area contributed by atoms with Gasteiger partial charge in [-0.2, -0.15) is 7.68 Å². The lowest BCUT2D eigenvalue weighted by atomic mass is 10.6. The Labute approximate surface area is 34.5 Å². The Morgan fingerprint density at radius 2 is 2.20 bits per heavy atom. The van der Waals surface area contributed by atoms with Gasteiger partial charge in [-0.05, 0) is 0 Å². The molecule has 0 saturated heterocycles. The van der Waals surface area contributed by atoms with Crippen LogP contribution in [0.4, 0.5) is 4.32 Å². The van der Waals surface area contributed by atoms with Crippen molar-refractivity contribution < 1.29 is 4.32 Å². The van der Waals surface area contributed by atoms with Crippen molar-refractivity contribution in [1.82, 2.24) is 0 Å². The van der Waals surface area contributed by atoms with Crippen LogP contribution in [0.2, 0.25) is 0 Å². The number of hydrogen-bond acceptors (Lipinski definition) is 0. The summed E-state index contributed by atoms with van der Waals surface area (Å²) >= 11 is 0. The average molecular weight is 89.7 g/mol. The molecule has 1 atom stereocenters. The lowest BCUT2D eigenvalue weighted by Gasteiger charge is -1.86. The van der Waals surface area contributed by atoms with Gasteiger partial charge in [-0.15, -0.1) is 0 Å². The highest BCUT2D eigenvalue weighted by Crippen LogP contribution is 2.18. The summed E-state index contributed by atoms with van der Waals surface area (Å²) < 4.78 is 11.1. The van der Waals surface area contributed by atoms with Crippen LogP contribution in [0.25, 0.3) is 0 Å². The van der Waals surface area contributed by atoms with Crippen molar-refractivity contribution in [3.05, 3.63) is 0 Å². The van der Waals surface area contributed by atoms with Crippen molar-refractivity contribution in [2.75, 3.05) is 6.66 Å². The molecule has 5 heavy (non-hydrogen) atoms. The van der Waals surface area contributed by atoms with Crippen molar-refractivity contribution in [2.24, 2.45) is 0 Å². The molecule has 0 amide bonds.